The standard InChI is InChI=1S/C13H14F3NO2/c14-13(15,16)10-5-2-1-4-9(10)11(19)17-12(8-18)6-3-7-12/h1-2,4-5,18H,3,6-8H2,(H,17,19). The number of nitrogens with one attached hydrogen (secondary N) is 1. The van der Waals surface area contributed by atoms with Gasteiger partial charge >= 0.3 is 6.18 Å². The number of hydrogen-bond donors (Lipinski definition) is 2. The fourth-order valence-electron chi connectivity index (χ4n) is 2.16. The minimum absolute atomic E-state index is 0.257. The molecule has 0 unspecified atom stereocenters. The number of hydrogen-bond acceptors (Lipinski definition) is 2. The Bertz CT molecular complexity index is 476. The van der Waals surface area contributed by atoms with E-state index in [2.05, 4.69) is 5.32 Å². The maximum Gasteiger partial charge on any atom is 0.417 e. The van der Waals surface area contributed by atoms with Crippen LogP contribution >= 0.6 is 0 Å². The van der Waals surface area contributed by atoms with Gasteiger partial charge in [-0.2, -0.15) is 13.2 Å². The number of benzene rings is 1. The fraction of sp³-hybridized carbons (Fsp3) is 0.462. The van der Waals surface area contributed by atoms with Gasteiger partial charge in [-0.05, 0) is 31.4 Å². The summed E-state index contributed by atoms with van der Waals surface area (Å²) in [4.78, 5) is 12.0. The first-order valence-electron chi connectivity index (χ1n) is 5.98. The number of carbonyl (C=O) groups is 1. The first-order valence-corrected chi connectivity index (χ1v) is 5.98. The Balaban J connectivity index is 2.25. The van der Waals surface area contributed by atoms with E-state index < -0.39 is 28.7 Å². The van der Waals surface area contributed by atoms with Gasteiger partial charge in [0.1, 0.15) is 0 Å². The molecule has 3 nitrogen and oxygen atoms in total. The van der Waals surface area contributed by atoms with Crippen molar-refractivity contribution in [2.75, 3.05) is 6.61 Å². The van der Waals surface area contributed by atoms with Crippen molar-refractivity contribution in [1.29, 1.82) is 0 Å². The number of alkyl halides is 3. The van der Waals surface area contributed by atoms with Gasteiger partial charge in [-0.25, -0.2) is 0 Å². The lowest BCUT2D eigenvalue weighted by Crippen LogP contribution is -2.56. The third-order valence-electron chi connectivity index (χ3n) is 3.47. The molecule has 0 saturated heterocycles. The van der Waals surface area contributed by atoms with Crippen molar-refractivity contribution in [3.63, 3.8) is 0 Å². The van der Waals surface area contributed by atoms with E-state index in [9.17, 15) is 23.1 Å². The van der Waals surface area contributed by atoms with E-state index in [1.54, 1.807) is 0 Å². The minimum atomic E-state index is -4.57. The van der Waals surface area contributed by atoms with Crippen LogP contribution in [0.3, 0.4) is 0 Å². The number of aliphatic hydroxyl groups is 1. The number of halogens is 3. The molecule has 0 bridgehead atoms. The van der Waals surface area contributed by atoms with Crippen LogP contribution in [0.5, 0.6) is 0 Å². The Labute approximate surface area is 108 Å². The summed E-state index contributed by atoms with van der Waals surface area (Å²) < 4.78 is 38.4. The highest BCUT2D eigenvalue weighted by Crippen LogP contribution is 2.34. The first-order chi connectivity index (χ1) is 8.88. The van der Waals surface area contributed by atoms with Crippen molar-refractivity contribution < 1.29 is 23.1 Å². The monoisotopic (exact) mass is 273 g/mol. The summed E-state index contributed by atoms with van der Waals surface area (Å²) in [5.41, 5.74) is -2.12. The number of carbonyl (C=O) groups excluding carboxylic acids is 1. The average Bonchev–Trinajstić information content (AvgIpc) is 2.32. The Morgan fingerprint density at radius 1 is 1.32 bits per heavy atom. The van der Waals surface area contributed by atoms with E-state index in [0.29, 0.717) is 12.8 Å². The van der Waals surface area contributed by atoms with Crippen LogP contribution in [0.4, 0.5) is 13.2 Å². The van der Waals surface area contributed by atoms with Gasteiger partial charge in [0, 0.05) is 0 Å². The molecule has 0 radical (unpaired) electrons. The molecule has 1 aliphatic carbocycles. The zero-order valence-electron chi connectivity index (χ0n) is 10.1. The molecule has 1 amide bonds. The lowest BCUT2D eigenvalue weighted by Gasteiger charge is -2.41. The average molecular weight is 273 g/mol. The molecule has 104 valence electrons. The molecule has 0 aromatic heterocycles. The highest BCUT2D eigenvalue weighted by molar-refractivity contribution is 5.96. The third kappa shape index (κ3) is 2.73. The molecular weight excluding hydrogens is 259 g/mol. The normalized spacial score (nSPS) is 17.7. The summed E-state index contributed by atoms with van der Waals surface area (Å²) in [6.45, 7) is -0.257. The maximum absolute atomic E-state index is 12.8. The summed E-state index contributed by atoms with van der Waals surface area (Å²) in [6.07, 6.45) is -2.55. The Hall–Kier alpha value is -1.56. The van der Waals surface area contributed by atoms with Gasteiger partial charge in [-0.15, -0.1) is 0 Å². The van der Waals surface area contributed by atoms with Crippen LogP contribution in [0.15, 0.2) is 24.3 Å². The second kappa shape index (κ2) is 4.85. The van der Waals surface area contributed by atoms with E-state index in [1.165, 1.54) is 12.1 Å². The maximum atomic E-state index is 12.8. The Morgan fingerprint density at radius 3 is 2.42 bits per heavy atom. The van der Waals surface area contributed by atoms with Crippen molar-refractivity contribution in [2.45, 2.75) is 31.0 Å². The zero-order chi connectivity index (χ0) is 14.1. The van der Waals surface area contributed by atoms with Crippen molar-refractivity contribution in [1.82, 2.24) is 5.32 Å². The third-order valence-corrected chi connectivity index (χ3v) is 3.47. The Kier molecular flexibility index (Phi) is 3.54. The van der Waals surface area contributed by atoms with Crippen LogP contribution in [0.1, 0.15) is 35.2 Å². The topological polar surface area (TPSA) is 49.3 Å². The second-order valence-electron chi connectivity index (χ2n) is 4.79. The summed E-state index contributed by atoms with van der Waals surface area (Å²) >= 11 is 0. The van der Waals surface area contributed by atoms with Crippen LogP contribution in [0, 0.1) is 0 Å². The van der Waals surface area contributed by atoms with Gasteiger partial charge < -0.3 is 10.4 Å². The van der Waals surface area contributed by atoms with Gasteiger partial charge in [-0.3, -0.25) is 4.79 Å². The van der Waals surface area contributed by atoms with Gasteiger partial charge in [0.2, 0.25) is 0 Å². The van der Waals surface area contributed by atoms with Gasteiger partial charge in [0.05, 0.1) is 23.3 Å². The summed E-state index contributed by atoms with van der Waals surface area (Å²) in [7, 11) is 0. The zero-order valence-corrected chi connectivity index (χ0v) is 10.1. The van der Waals surface area contributed by atoms with Crippen LogP contribution in [0.25, 0.3) is 0 Å². The van der Waals surface area contributed by atoms with E-state index in [4.69, 9.17) is 0 Å². The van der Waals surface area contributed by atoms with Gasteiger partial charge in [-0.1, -0.05) is 12.1 Å². The SMILES string of the molecule is O=C(NC1(CO)CCC1)c1ccccc1C(F)(F)F. The fourth-order valence-corrected chi connectivity index (χ4v) is 2.16. The highest BCUT2D eigenvalue weighted by atomic mass is 19.4. The molecule has 2 N–H and O–H groups in total. The molecule has 1 aromatic rings. The smallest absolute Gasteiger partial charge is 0.394 e. The molecule has 1 saturated carbocycles. The largest absolute Gasteiger partial charge is 0.417 e. The molecule has 0 spiro atoms. The molecule has 0 aliphatic heterocycles. The summed E-state index contributed by atoms with van der Waals surface area (Å²) in [5.74, 6) is -0.790. The van der Waals surface area contributed by atoms with Crippen molar-refractivity contribution >= 4 is 5.91 Å². The van der Waals surface area contributed by atoms with Gasteiger partial charge in [0.15, 0.2) is 0 Å². The van der Waals surface area contributed by atoms with E-state index >= 15 is 0 Å². The highest BCUT2D eigenvalue weighted by Gasteiger charge is 2.40. The van der Waals surface area contributed by atoms with Crippen LogP contribution in [0.2, 0.25) is 0 Å². The van der Waals surface area contributed by atoms with E-state index in [0.717, 1.165) is 18.6 Å². The van der Waals surface area contributed by atoms with Crippen LogP contribution < -0.4 is 5.32 Å². The number of rotatable bonds is 3. The number of aliphatic hydroxyl groups excluding tert-OH is 1. The molecule has 2 rings (SSSR count). The lowest BCUT2D eigenvalue weighted by molar-refractivity contribution is -0.138. The minimum Gasteiger partial charge on any atom is -0.394 e. The molecular formula is C13H14F3NO2. The first kappa shape index (κ1) is 13.9. The molecule has 6 heteroatoms. The van der Waals surface area contributed by atoms with Gasteiger partial charge in [0.25, 0.3) is 5.91 Å². The van der Waals surface area contributed by atoms with Crippen molar-refractivity contribution in [3.05, 3.63) is 35.4 Å². The Morgan fingerprint density at radius 2 is 1.95 bits per heavy atom. The van der Waals surface area contributed by atoms with E-state index in [1.807, 2.05) is 0 Å². The van der Waals surface area contributed by atoms with Crippen LogP contribution in [-0.4, -0.2) is 23.2 Å². The lowest BCUT2D eigenvalue weighted by atomic mass is 9.77. The molecule has 0 heterocycles. The van der Waals surface area contributed by atoms with Crippen molar-refractivity contribution in [3.8, 4) is 0 Å². The second-order valence-corrected chi connectivity index (χ2v) is 4.79. The molecule has 1 fully saturated rings. The molecule has 19 heavy (non-hydrogen) atoms. The van der Waals surface area contributed by atoms with Crippen molar-refractivity contribution in [2.24, 2.45) is 0 Å². The summed E-state index contributed by atoms with van der Waals surface area (Å²) in [5, 5.41) is 11.7. The number of amides is 1. The quantitative estimate of drug-likeness (QED) is 0.888. The molecule has 1 aromatic carbocycles. The molecule has 1 aliphatic rings. The molecule has 0 atom stereocenters. The van der Waals surface area contributed by atoms with Crippen LogP contribution in [-0.2, 0) is 6.18 Å². The summed E-state index contributed by atoms with van der Waals surface area (Å²) in [6, 6.07) is 4.64. The predicted molar refractivity (Wildman–Crippen MR) is 62.6 cm³/mol. The van der Waals surface area contributed by atoms with E-state index in [-0.39, 0.29) is 6.61 Å². The predicted octanol–water partition coefficient (Wildman–Crippen LogP) is 2.35.